The lowest BCUT2D eigenvalue weighted by Crippen LogP contribution is -2.00. The topological polar surface area (TPSA) is 37.3 Å². The number of aryl methyl sites for hydroxylation is 1. The first-order chi connectivity index (χ1) is 9.90. The maximum absolute atomic E-state index is 13.8. The molecule has 0 unspecified atom stereocenters. The summed E-state index contributed by atoms with van der Waals surface area (Å²) in [5.74, 6) is -2.18. The minimum Gasteiger partial charge on any atom is -0.478 e. The van der Waals surface area contributed by atoms with Crippen LogP contribution in [0.5, 0.6) is 0 Å². The summed E-state index contributed by atoms with van der Waals surface area (Å²) in [6, 6.07) is 7.43. The molecule has 0 atom stereocenters. The van der Waals surface area contributed by atoms with E-state index in [1.807, 2.05) is 0 Å². The Morgan fingerprint density at radius 3 is 2.67 bits per heavy atom. The number of aromatic carboxylic acids is 1. The van der Waals surface area contributed by atoms with Crippen molar-refractivity contribution >= 4 is 33.7 Å². The monoisotopic (exact) mass is 372 g/mol. The molecule has 0 heterocycles. The molecular weight excluding hydrogens is 362 g/mol. The number of hydrogen-bond acceptors (Lipinski definition) is 2. The first kappa shape index (κ1) is 16.0. The zero-order valence-corrected chi connectivity index (χ0v) is 13.4. The van der Waals surface area contributed by atoms with Crippen molar-refractivity contribution in [2.75, 3.05) is 0 Å². The Kier molecular flexibility index (Phi) is 5.00. The summed E-state index contributed by atoms with van der Waals surface area (Å²) in [4.78, 5) is 11.7. The van der Waals surface area contributed by atoms with Gasteiger partial charge in [0.25, 0.3) is 0 Å². The van der Waals surface area contributed by atoms with Crippen LogP contribution >= 0.6 is 27.7 Å². The first-order valence-electron chi connectivity index (χ1n) is 5.99. The molecule has 2 rings (SSSR count). The Bertz CT molecular complexity index is 704. The lowest BCUT2D eigenvalue weighted by Gasteiger charge is -2.08. The van der Waals surface area contributed by atoms with E-state index in [1.54, 1.807) is 19.1 Å². The van der Waals surface area contributed by atoms with Crippen molar-refractivity contribution in [2.24, 2.45) is 0 Å². The second-order valence-electron chi connectivity index (χ2n) is 4.39. The van der Waals surface area contributed by atoms with Crippen LogP contribution in [-0.2, 0) is 5.75 Å². The van der Waals surface area contributed by atoms with Crippen molar-refractivity contribution in [2.45, 2.75) is 17.6 Å². The summed E-state index contributed by atoms with van der Waals surface area (Å²) in [6.07, 6.45) is 0. The van der Waals surface area contributed by atoms with Crippen molar-refractivity contribution in [3.05, 3.63) is 63.1 Å². The lowest BCUT2D eigenvalue weighted by atomic mass is 10.1. The van der Waals surface area contributed by atoms with Crippen molar-refractivity contribution in [3.63, 3.8) is 0 Å². The SMILES string of the molecule is Cc1ccc(SCc2c(F)ccc(Br)c2F)cc1C(=O)O. The molecule has 0 saturated carbocycles. The highest BCUT2D eigenvalue weighted by molar-refractivity contribution is 9.10. The summed E-state index contributed by atoms with van der Waals surface area (Å²) >= 11 is 4.20. The first-order valence-corrected chi connectivity index (χ1v) is 7.77. The molecule has 0 bridgehead atoms. The Morgan fingerprint density at radius 2 is 2.00 bits per heavy atom. The average Bonchev–Trinajstić information content (AvgIpc) is 2.44. The van der Waals surface area contributed by atoms with Crippen LogP contribution in [0.15, 0.2) is 39.7 Å². The Balaban J connectivity index is 2.23. The molecule has 0 aliphatic heterocycles. The number of hydrogen-bond donors (Lipinski definition) is 1. The third kappa shape index (κ3) is 3.63. The summed E-state index contributed by atoms with van der Waals surface area (Å²) in [5, 5.41) is 9.06. The van der Waals surface area contributed by atoms with Gasteiger partial charge in [-0.05, 0) is 52.7 Å². The number of halogens is 3. The quantitative estimate of drug-likeness (QED) is 0.604. The van der Waals surface area contributed by atoms with Gasteiger partial charge in [0.05, 0.1) is 10.0 Å². The predicted octanol–water partition coefficient (Wildman–Crippen LogP) is 5.03. The zero-order chi connectivity index (χ0) is 15.6. The van der Waals surface area contributed by atoms with Crippen LogP contribution in [0.25, 0.3) is 0 Å². The zero-order valence-electron chi connectivity index (χ0n) is 11.0. The van der Waals surface area contributed by atoms with Gasteiger partial charge in [0.15, 0.2) is 0 Å². The molecule has 21 heavy (non-hydrogen) atoms. The van der Waals surface area contributed by atoms with Gasteiger partial charge in [-0.25, -0.2) is 13.6 Å². The Morgan fingerprint density at radius 1 is 1.29 bits per heavy atom. The van der Waals surface area contributed by atoms with E-state index in [1.165, 1.54) is 30.0 Å². The molecule has 0 fully saturated rings. The maximum atomic E-state index is 13.8. The molecule has 0 aliphatic carbocycles. The van der Waals surface area contributed by atoms with Gasteiger partial charge < -0.3 is 5.11 Å². The molecule has 0 amide bonds. The molecule has 2 aromatic carbocycles. The fourth-order valence-electron chi connectivity index (χ4n) is 1.78. The van der Waals surface area contributed by atoms with Gasteiger partial charge in [-0.2, -0.15) is 0 Å². The van der Waals surface area contributed by atoms with Gasteiger partial charge in [-0.1, -0.05) is 6.07 Å². The van der Waals surface area contributed by atoms with E-state index in [-0.39, 0.29) is 21.4 Å². The molecule has 2 aromatic rings. The number of rotatable bonds is 4. The summed E-state index contributed by atoms with van der Waals surface area (Å²) in [7, 11) is 0. The van der Waals surface area contributed by atoms with Gasteiger partial charge in [-0.15, -0.1) is 11.8 Å². The van der Waals surface area contributed by atoms with E-state index in [0.29, 0.717) is 10.5 Å². The van der Waals surface area contributed by atoms with Crippen molar-refractivity contribution < 1.29 is 18.7 Å². The summed E-state index contributed by atoms with van der Waals surface area (Å²) in [5.41, 5.74) is 0.800. The maximum Gasteiger partial charge on any atom is 0.335 e. The van der Waals surface area contributed by atoms with Gasteiger partial charge in [-0.3, -0.25) is 0 Å². The molecule has 0 spiro atoms. The van der Waals surface area contributed by atoms with Gasteiger partial charge >= 0.3 is 5.97 Å². The molecule has 0 aliphatic rings. The minimum atomic E-state index is -1.02. The van der Waals surface area contributed by atoms with Crippen molar-refractivity contribution in [1.82, 2.24) is 0 Å². The fourth-order valence-corrected chi connectivity index (χ4v) is 3.09. The summed E-state index contributed by atoms with van der Waals surface area (Å²) in [6.45, 7) is 1.70. The van der Waals surface area contributed by atoms with Gasteiger partial charge in [0, 0.05) is 16.2 Å². The number of carboxylic acids is 1. The molecule has 2 nitrogen and oxygen atoms in total. The van der Waals surface area contributed by atoms with E-state index in [9.17, 15) is 13.6 Å². The second kappa shape index (κ2) is 6.58. The molecule has 0 radical (unpaired) electrons. The number of carbonyl (C=O) groups is 1. The van der Waals surface area contributed by atoms with Crippen LogP contribution < -0.4 is 0 Å². The largest absolute Gasteiger partial charge is 0.478 e. The van der Waals surface area contributed by atoms with Crippen LogP contribution in [0.4, 0.5) is 8.78 Å². The van der Waals surface area contributed by atoms with Crippen LogP contribution in [0.1, 0.15) is 21.5 Å². The second-order valence-corrected chi connectivity index (χ2v) is 6.30. The average molecular weight is 373 g/mol. The van der Waals surface area contributed by atoms with E-state index in [0.717, 1.165) is 0 Å². The number of thioether (sulfide) groups is 1. The van der Waals surface area contributed by atoms with E-state index < -0.39 is 17.6 Å². The normalized spacial score (nSPS) is 10.7. The van der Waals surface area contributed by atoms with Crippen LogP contribution in [0.3, 0.4) is 0 Å². The van der Waals surface area contributed by atoms with E-state index in [4.69, 9.17) is 5.11 Å². The smallest absolute Gasteiger partial charge is 0.335 e. The van der Waals surface area contributed by atoms with Gasteiger partial charge in [0.1, 0.15) is 11.6 Å². The highest BCUT2D eigenvalue weighted by Crippen LogP contribution is 2.29. The molecule has 1 N–H and O–H groups in total. The number of benzene rings is 2. The molecular formula is C15H11BrF2O2S. The fraction of sp³-hybridized carbons (Fsp3) is 0.133. The van der Waals surface area contributed by atoms with Crippen LogP contribution in [0.2, 0.25) is 0 Å². The molecule has 110 valence electrons. The van der Waals surface area contributed by atoms with E-state index in [2.05, 4.69) is 15.9 Å². The predicted molar refractivity (Wildman–Crippen MR) is 81.8 cm³/mol. The van der Waals surface area contributed by atoms with Crippen molar-refractivity contribution in [3.8, 4) is 0 Å². The lowest BCUT2D eigenvalue weighted by molar-refractivity contribution is 0.0696. The minimum absolute atomic E-state index is 0.0353. The number of carboxylic acid groups (broad SMARTS) is 1. The Hall–Kier alpha value is -1.40. The molecule has 0 aromatic heterocycles. The van der Waals surface area contributed by atoms with E-state index >= 15 is 0 Å². The highest BCUT2D eigenvalue weighted by atomic mass is 79.9. The third-order valence-electron chi connectivity index (χ3n) is 2.96. The molecule has 6 heteroatoms. The standard InChI is InChI=1S/C15H11BrF2O2S/c1-8-2-3-9(6-10(8)15(19)20)21-7-11-13(17)5-4-12(16)14(11)18/h2-6H,7H2,1H3,(H,19,20). The van der Waals surface area contributed by atoms with Crippen molar-refractivity contribution in [1.29, 1.82) is 0 Å². The van der Waals surface area contributed by atoms with Gasteiger partial charge in [0.2, 0.25) is 0 Å². The van der Waals surface area contributed by atoms with Crippen LogP contribution in [0, 0.1) is 18.6 Å². The van der Waals surface area contributed by atoms with Crippen LogP contribution in [-0.4, -0.2) is 11.1 Å². The third-order valence-corrected chi connectivity index (χ3v) is 4.59. The molecule has 0 saturated heterocycles. The Labute approximate surface area is 133 Å². The highest BCUT2D eigenvalue weighted by Gasteiger charge is 2.14. The summed E-state index contributed by atoms with van der Waals surface area (Å²) < 4.78 is 27.7.